The van der Waals surface area contributed by atoms with Crippen molar-refractivity contribution < 1.29 is 13.2 Å². The Morgan fingerprint density at radius 2 is 1.86 bits per heavy atom. The zero-order valence-corrected chi connectivity index (χ0v) is 17.7. The molecule has 7 nitrogen and oxygen atoms in total. The number of sulfonamides is 1. The van der Waals surface area contributed by atoms with E-state index in [0.29, 0.717) is 6.54 Å². The standard InChI is InChI=1S/C19H26N4O3S2/c1-15(21-28(25,26)18-8-5-13-27-18)19(24)20-14-16-6-3-4-7-17(16)23-11-9-22(2)10-12-23/h3-8,13,15,21H,9-12,14H2,1-2H3,(H,20,24). The van der Waals surface area contributed by atoms with Crippen LogP contribution in [0.4, 0.5) is 5.69 Å². The van der Waals surface area contributed by atoms with Gasteiger partial charge in [-0.15, -0.1) is 11.3 Å². The number of carbonyl (C=O) groups excluding carboxylic acids is 1. The van der Waals surface area contributed by atoms with Gasteiger partial charge in [0, 0.05) is 38.4 Å². The quantitative estimate of drug-likeness (QED) is 0.706. The molecule has 1 saturated heterocycles. The minimum Gasteiger partial charge on any atom is -0.369 e. The van der Waals surface area contributed by atoms with E-state index in [2.05, 4.69) is 33.0 Å². The molecule has 1 aromatic heterocycles. The summed E-state index contributed by atoms with van der Waals surface area (Å²) in [6, 6.07) is 10.3. The molecule has 2 N–H and O–H groups in total. The van der Waals surface area contributed by atoms with E-state index < -0.39 is 16.1 Å². The monoisotopic (exact) mass is 422 g/mol. The van der Waals surface area contributed by atoms with Crippen molar-refractivity contribution in [1.29, 1.82) is 0 Å². The number of hydrogen-bond acceptors (Lipinski definition) is 6. The van der Waals surface area contributed by atoms with Crippen LogP contribution in [0.3, 0.4) is 0 Å². The van der Waals surface area contributed by atoms with Crippen LogP contribution in [0.5, 0.6) is 0 Å². The Morgan fingerprint density at radius 3 is 2.54 bits per heavy atom. The Balaban J connectivity index is 1.60. The lowest BCUT2D eigenvalue weighted by atomic mass is 10.1. The zero-order valence-electron chi connectivity index (χ0n) is 16.1. The second kappa shape index (κ2) is 9.04. The molecule has 0 aliphatic carbocycles. The highest BCUT2D eigenvalue weighted by Gasteiger charge is 2.23. The number of nitrogens with zero attached hydrogens (tertiary/aromatic N) is 2. The highest BCUT2D eigenvalue weighted by molar-refractivity contribution is 7.91. The Bertz CT molecular complexity index is 892. The van der Waals surface area contributed by atoms with Crippen LogP contribution < -0.4 is 14.9 Å². The highest BCUT2D eigenvalue weighted by Crippen LogP contribution is 2.21. The van der Waals surface area contributed by atoms with Gasteiger partial charge in [0.1, 0.15) is 4.21 Å². The lowest BCUT2D eigenvalue weighted by molar-refractivity contribution is -0.122. The summed E-state index contributed by atoms with van der Waals surface area (Å²) in [5.74, 6) is -0.353. The molecule has 9 heteroatoms. The molecule has 1 fully saturated rings. The summed E-state index contributed by atoms with van der Waals surface area (Å²) < 4.78 is 27.2. The second-order valence-corrected chi connectivity index (χ2v) is 9.80. The van der Waals surface area contributed by atoms with Crippen molar-refractivity contribution in [2.24, 2.45) is 0 Å². The van der Waals surface area contributed by atoms with Crippen molar-refractivity contribution in [1.82, 2.24) is 14.9 Å². The van der Waals surface area contributed by atoms with Crippen molar-refractivity contribution in [2.75, 3.05) is 38.1 Å². The van der Waals surface area contributed by atoms with Gasteiger partial charge in [-0.25, -0.2) is 8.42 Å². The van der Waals surface area contributed by atoms with Crippen LogP contribution in [0.25, 0.3) is 0 Å². The molecule has 1 aromatic carbocycles. The second-order valence-electron chi connectivity index (χ2n) is 6.91. The highest BCUT2D eigenvalue weighted by atomic mass is 32.2. The first-order chi connectivity index (χ1) is 13.4. The van der Waals surface area contributed by atoms with Crippen LogP contribution in [0.1, 0.15) is 12.5 Å². The first-order valence-corrected chi connectivity index (χ1v) is 11.6. The smallest absolute Gasteiger partial charge is 0.250 e. The molecule has 0 bridgehead atoms. The van der Waals surface area contributed by atoms with E-state index in [-0.39, 0.29) is 10.1 Å². The number of anilines is 1. The van der Waals surface area contributed by atoms with Crippen molar-refractivity contribution in [3.8, 4) is 0 Å². The fraction of sp³-hybridized carbons (Fsp3) is 0.421. The van der Waals surface area contributed by atoms with Gasteiger partial charge in [0.15, 0.2) is 0 Å². The molecule has 2 heterocycles. The minimum atomic E-state index is -3.68. The number of benzene rings is 1. The van der Waals surface area contributed by atoms with Crippen molar-refractivity contribution >= 4 is 33.0 Å². The summed E-state index contributed by atoms with van der Waals surface area (Å²) >= 11 is 1.12. The molecule has 0 radical (unpaired) electrons. The number of carbonyl (C=O) groups is 1. The van der Waals surface area contributed by atoms with Gasteiger partial charge in [-0.2, -0.15) is 4.72 Å². The van der Waals surface area contributed by atoms with Gasteiger partial charge in [0.2, 0.25) is 5.91 Å². The zero-order chi connectivity index (χ0) is 20.1. The first-order valence-electron chi connectivity index (χ1n) is 9.22. The minimum absolute atomic E-state index is 0.201. The van der Waals surface area contributed by atoms with Gasteiger partial charge in [0.25, 0.3) is 10.0 Å². The number of hydrogen-bond donors (Lipinski definition) is 2. The molecule has 0 saturated carbocycles. The van der Waals surface area contributed by atoms with E-state index in [4.69, 9.17) is 0 Å². The molecule has 1 aliphatic rings. The third-order valence-electron chi connectivity index (χ3n) is 4.77. The number of piperazine rings is 1. The van der Waals surface area contributed by atoms with Gasteiger partial charge in [0.05, 0.1) is 6.04 Å². The van der Waals surface area contributed by atoms with Crippen molar-refractivity contribution in [3.63, 3.8) is 0 Å². The largest absolute Gasteiger partial charge is 0.369 e. The number of thiophene rings is 1. The first kappa shape index (κ1) is 20.8. The molecule has 1 aliphatic heterocycles. The maximum Gasteiger partial charge on any atom is 0.250 e. The summed E-state index contributed by atoms with van der Waals surface area (Å²) in [4.78, 5) is 17.1. The molecule has 2 aromatic rings. The van der Waals surface area contributed by atoms with Gasteiger partial charge in [-0.05, 0) is 37.0 Å². The predicted octanol–water partition coefficient (Wildman–Crippen LogP) is 1.48. The predicted molar refractivity (Wildman–Crippen MR) is 112 cm³/mol. The molecular formula is C19H26N4O3S2. The van der Waals surface area contributed by atoms with E-state index in [0.717, 1.165) is 48.8 Å². The van der Waals surface area contributed by atoms with E-state index in [1.807, 2.05) is 18.2 Å². The topological polar surface area (TPSA) is 81.7 Å². The molecule has 0 spiro atoms. The van der Waals surface area contributed by atoms with Gasteiger partial charge in [-0.3, -0.25) is 4.79 Å². The number of rotatable bonds is 7. The van der Waals surface area contributed by atoms with E-state index in [9.17, 15) is 13.2 Å². The molecule has 152 valence electrons. The van der Waals surface area contributed by atoms with Crippen LogP contribution in [0, 0.1) is 0 Å². The normalized spacial score (nSPS) is 16.7. The molecular weight excluding hydrogens is 396 g/mol. The summed E-state index contributed by atoms with van der Waals surface area (Å²) in [6.07, 6.45) is 0. The third kappa shape index (κ3) is 5.11. The lowest BCUT2D eigenvalue weighted by Gasteiger charge is -2.35. The summed E-state index contributed by atoms with van der Waals surface area (Å²) in [5, 5.41) is 4.54. The molecule has 28 heavy (non-hydrogen) atoms. The maximum absolute atomic E-state index is 12.4. The SMILES string of the molecule is CC(NS(=O)(=O)c1cccs1)C(=O)NCc1ccccc1N1CCN(C)CC1. The van der Waals surface area contributed by atoms with E-state index >= 15 is 0 Å². The fourth-order valence-electron chi connectivity index (χ4n) is 3.11. The van der Waals surface area contributed by atoms with E-state index in [1.54, 1.807) is 18.4 Å². The van der Waals surface area contributed by atoms with Gasteiger partial charge >= 0.3 is 0 Å². The van der Waals surface area contributed by atoms with Crippen LogP contribution in [-0.4, -0.2) is 58.5 Å². The lowest BCUT2D eigenvalue weighted by Crippen LogP contribution is -2.45. The van der Waals surface area contributed by atoms with Crippen LogP contribution >= 0.6 is 11.3 Å². The van der Waals surface area contributed by atoms with Crippen LogP contribution in [-0.2, 0) is 21.4 Å². The summed E-state index contributed by atoms with van der Waals surface area (Å²) in [6.45, 7) is 5.79. The Labute approximate surface area is 170 Å². The molecule has 3 rings (SSSR count). The summed E-state index contributed by atoms with van der Waals surface area (Å²) in [7, 11) is -1.57. The molecule has 1 atom stereocenters. The molecule has 1 unspecified atom stereocenters. The van der Waals surface area contributed by atoms with Crippen molar-refractivity contribution in [3.05, 3.63) is 47.3 Å². The number of amides is 1. The third-order valence-corrected chi connectivity index (χ3v) is 7.71. The average Bonchev–Trinajstić information content (AvgIpc) is 3.22. The van der Waals surface area contributed by atoms with E-state index in [1.165, 1.54) is 6.07 Å². The van der Waals surface area contributed by atoms with Gasteiger partial charge < -0.3 is 15.1 Å². The average molecular weight is 423 g/mol. The number of nitrogens with one attached hydrogen (secondary N) is 2. The number of para-hydroxylation sites is 1. The van der Waals surface area contributed by atoms with Crippen LogP contribution in [0.15, 0.2) is 46.0 Å². The molecule has 1 amide bonds. The van der Waals surface area contributed by atoms with Crippen LogP contribution in [0.2, 0.25) is 0 Å². The van der Waals surface area contributed by atoms with Crippen molar-refractivity contribution in [2.45, 2.75) is 23.7 Å². The summed E-state index contributed by atoms with van der Waals surface area (Å²) in [5.41, 5.74) is 2.14. The number of likely N-dealkylation sites (N-methyl/N-ethyl adjacent to an activating group) is 1. The van der Waals surface area contributed by atoms with Gasteiger partial charge in [-0.1, -0.05) is 24.3 Å². The Morgan fingerprint density at radius 1 is 1.14 bits per heavy atom. The Hall–Kier alpha value is -1.94. The maximum atomic E-state index is 12.4. The Kier molecular flexibility index (Phi) is 6.71. The fourth-order valence-corrected chi connectivity index (χ4v) is 5.32.